The van der Waals surface area contributed by atoms with Crippen molar-refractivity contribution in [3.05, 3.63) is 24.3 Å². The van der Waals surface area contributed by atoms with Gasteiger partial charge in [0.05, 0.1) is 11.9 Å². The second kappa shape index (κ2) is 11.9. The van der Waals surface area contributed by atoms with Crippen LogP contribution in [0.25, 0.3) is 0 Å². The van der Waals surface area contributed by atoms with Gasteiger partial charge >= 0.3 is 17.4 Å². The molecule has 14 heavy (non-hydrogen) atoms. The number of carboxylic acid groups (broad SMARTS) is 2. The van der Waals surface area contributed by atoms with Gasteiger partial charge < -0.3 is 25.3 Å². The minimum absolute atomic E-state index is 0. The Morgan fingerprint density at radius 2 is 1.00 bits per heavy atom. The van der Waals surface area contributed by atoms with Gasteiger partial charge in [0.1, 0.15) is 0 Å². The Hall–Kier alpha value is -1.09. The van der Waals surface area contributed by atoms with Crippen molar-refractivity contribution >= 4 is 11.9 Å². The summed E-state index contributed by atoms with van der Waals surface area (Å²) in [5.74, 6) is -2.37. The van der Waals surface area contributed by atoms with Crippen LogP contribution in [0.2, 0.25) is 0 Å². The van der Waals surface area contributed by atoms with Crippen LogP contribution in [0.3, 0.4) is 0 Å². The number of hydrogen-bond donors (Lipinski definition) is 0. The van der Waals surface area contributed by atoms with E-state index >= 15 is 0 Å². The number of aliphatic carboxylic acids is 2. The second-order valence-corrected chi connectivity index (χ2v) is 2.14. The third-order valence-corrected chi connectivity index (χ3v) is 0.697. The smallest absolute Gasteiger partial charge is 0.870 e. The van der Waals surface area contributed by atoms with E-state index in [1.807, 2.05) is 0 Å². The maximum Gasteiger partial charge on any atom is 3.00 e. The van der Waals surface area contributed by atoms with Gasteiger partial charge in [0, 0.05) is 0 Å². The molecule has 0 aliphatic heterocycles. The van der Waals surface area contributed by atoms with Crippen LogP contribution in [0.4, 0.5) is 0 Å². The van der Waals surface area contributed by atoms with Crippen molar-refractivity contribution in [3.63, 3.8) is 0 Å². The maximum absolute atomic E-state index is 9.49. The van der Waals surface area contributed by atoms with Gasteiger partial charge in [-0.15, -0.1) is 0 Å². The predicted octanol–water partition coefficient (Wildman–Crippen LogP) is -1.55. The zero-order chi connectivity index (χ0) is 10.3. The average Bonchev–Trinajstić information content (AvgIpc) is 1.88. The topological polar surface area (TPSA) is 110 Å². The van der Waals surface area contributed by atoms with Crippen molar-refractivity contribution in [2.24, 2.45) is 0 Å². The summed E-state index contributed by atoms with van der Waals surface area (Å²) in [5.41, 5.74) is 0.130. The van der Waals surface area contributed by atoms with Crippen molar-refractivity contribution < 1.29 is 42.6 Å². The van der Waals surface area contributed by atoms with Gasteiger partial charge in [-0.2, -0.15) is 0 Å². The van der Waals surface area contributed by atoms with E-state index in [2.05, 4.69) is 13.2 Å². The summed E-state index contributed by atoms with van der Waals surface area (Å²) in [7, 11) is 0. The second-order valence-electron chi connectivity index (χ2n) is 2.14. The largest absolute Gasteiger partial charge is 3.00 e. The molecule has 6 heteroatoms. The fraction of sp³-hybridized carbons (Fsp3) is 0.250. The van der Waals surface area contributed by atoms with Gasteiger partial charge in [-0.1, -0.05) is 13.2 Å². The molecule has 1 N–H and O–H groups in total. The Labute approximate surface area is 93.2 Å². The molecule has 0 heterocycles. The van der Waals surface area contributed by atoms with E-state index in [0.29, 0.717) is 0 Å². The number of hydrogen-bond acceptors (Lipinski definition) is 5. The predicted molar refractivity (Wildman–Crippen MR) is 41.6 cm³/mol. The molecular formula is C8H11CrO5. The van der Waals surface area contributed by atoms with Crippen LogP contribution in [0.15, 0.2) is 24.3 Å². The minimum Gasteiger partial charge on any atom is -0.870 e. The van der Waals surface area contributed by atoms with E-state index in [9.17, 15) is 19.8 Å². The first-order valence-corrected chi connectivity index (χ1v) is 3.02. The van der Waals surface area contributed by atoms with Gasteiger partial charge in [-0.3, -0.25) is 0 Å². The molecule has 0 rings (SSSR count). The molecule has 0 aromatic heterocycles. The van der Waals surface area contributed by atoms with Gasteiger partial charge in [0.2, 0.25) is 0 Å². The Morgan fingerprint density at radius 1 is 0.929 bits per heavy atom. The first-order chi connectivity index (χ1) is 5.29. The zero-order valence-corrected chi connectivity index (χ0v) is 9.18. The molecule has 0 saturated heterocycles. The van der Waals surface area contributed by atoms with Crippen LogP contribution in [-0.4, -0.2) is 17.4 Å². The summed E-state index contributed by atoms with van der Waals surface area (Å²) in [4.78, 5) is 19.0. The van der Waals surface area contributed by atoms with Gasteiger partial charge in [-0.05, 0) is 25.0 Å². The SMILES string of the molecule is C=C(C)C(=O)[O-].C=C(C)C(=O)[O-].[Cr+3].[OH-]. The van der Waals surface area contributed by atoms with E-state index in [-0.39, 0.29) is 34.0 Å². The summed E-state index contributed by atoms with van der Waals surface area (Å²) in [5, 5.41) is 19.0. The minimum atomic E-state index is -1.19. The van der Waals surface area contributed by atoms with Crippen LogP contribution in [0.1, 0.15) is 13.8 Å². The number of carbonyl (C=O) groups excluding carboxylic acids is 2. The fourth-order valence-corrected chi connectivity index (χ4v) is 0. The van der Waals surface area contributed by atoms with Crippen LogP contribution in [0.5, 0.6) is 0 Å². The molecule has 0 aliphatic carbocycles. The van der Waals surface area contributed by atoms with E-state index in [1.165, 1.54) is 13.8 Å². The third-order valence-electron chi connectivity index (χ3n) is 0.697. The first-order valence-electron chi connectivity index (χ1n) is 3.02. The van der Waals surface area contributed by atoms with Crippen molar-refractivity contribution in [2.45, 2.75) is 13.8 Å². The van der Waals surface area contributed by atoms with Crippen molar-refractivity contribution in [2.75, 3.05) is 0 Å². The molecule has 0 amide bonds. The van der Waals surface area contributed by atoms with Gasteiger partial charge in [-0.25, -0.2) is 0 Å². The summed E-state index contributed by atoms with van der Waals surface area (Å²) >= 11 is 0. The van der Waals surface area contributed by atoms with Crippen LogP contribution < -0.4 is 10.2 Å². The quantitative estimate of drug-likeness (QED) is 0.541. The number of rotatable bonds is 2. The molecule has 0 spiro atoms. The molecule has 0 bridgehead atoms. The van der Waals surface area contributed by atoms with Crippen LogP contribution in [0, 0.1) is 0 Å². The summed E-state index contributed by atoms with van der Waals surface area (Å²) in [6, 6.07) is 0. The molecule has 0 aromatic carbocycles. The van der Waals surface area contributed by atoms with E-state index in [1.54, 1.807) is 0 Å². The van der Waals surface area contributed by atoms with E-state index < -0.39 is 11.9 Å². The Balaban J connectivity index is -0.0000000625. The molecule has 0 fully saturated rings. The molecule has 5 nitrogen and oxygen atoms in total. The standard InChI is InChI=1S/2C4H6O2.Cr.H2O/c2*1-3(2)4(5)6;;/h2*1H2,2H3,(H,5,6);;1H2/q;;+3;/p-3. The average molecular weight is 239 g/mol. The van der Waals surface area contributed by atoms with Gasteiger partial charge in [0.25, 0.3) is 0 Å². The van der Waals surface area contributed by atoms with Crippen molar-refractivity contribution in [3.8, 4) is 0 Å². The number of carbonyl (C=O) groups is 2. The normalized spacial score (nSPS) is 6.43. The fourth-order valence-electron chi connectivity index (χ4n) is 0. The first kappa shape index (κ1) is 23.1. The van der Waals surface area contributed by atoms with Crippen LogP contribution in [-0.2, 0) is 27.0 Å². The van der Waals surface area contributed by atoms with E-state index in [4.69, 9.17) is 0 Å². The molecule has 0 saturated carbocycles. The molecule has 1 radical (unpaired) electrons. The summed E-state index contributed by atoms with van der Waals surface area (Å²) < 4.78 is 0. The van der Waals surface area contributed by atoms with Crippen molar-refractivity contribution in [1.82, 2.24) is 0 Å². The molecule has 79 valence electrons. The summed E-state index contributed by atoms with van der Waals surface area (Å²) in [6.45, 7) is 8.95. The van der Waals surface area contributed by atoms with Crippen LogP contribution >= 0.6 is 0 Å². The van der Waals surface area contributed by atoms with Crippen molar-refractivity contribution in [1.29, 1.82) is 0 Å². The molecule has 0 aliphatic rings. The summed E-state index contributed by atoms with van der Waals surface area (Å²) in [6.07, 6.45) is 0. The Bertz CT molecular complexity index is 174. The van der Waals surface area contributed by atoms with Gasteiger partial charge in [0.15, 0.2) is 0 Å². The van der Waals surface area contributed by atoms with E-state index in [0.717, 1.165) is 0 Å². The Kier molecular flexibility index (Phi) is 19.6. The Morgan fingerprint density at radius 3 is 1.00 bits per heavy atom. The number of carboxylic acids is 2. The monoisotopic (exact) mass is 239 g/mol. The molecular weight excluding hydrogens is 228 g/mol. The third kappa shape index (κ3) is 22.4. The molecule has 0 aromatic rings. The maximum atomic E-state index is 9.49. The zero-order valence-electron chi connectivity index (χ0n) is 7.90. The molecule has 0 atom stereocenters. The molecule has 0 unspecified atom stereocenters.